The normalized spacial score (nSPS) is 30.1. The highest BCUT2D eigenvalue weighted by Gasteiger charge is 2.29. The van der Waals surface area contributed by atoms with E-state index in [1.165, 1.54) is 12.5 Å². The number of benzene rings is 1. The second kappa shape index (κ2) is 5.83. The summed E-state index contributed by atoms with van der Waals surface area (Å²) in [7, 11) is 0. The van der Waals surface area contributed by atoms with E-state index in [2.05, 4.69) is 13.8 Å². The van der Waals surface area contributed by atoms with Crippen LogP contribution in [-0.4, -0.2) is 11.2 Å². The molecule has 1 aliphatic carbocycles. The van der Waals surface area contributed by atoms with Gasteiger partial charge in [-0.2, -0.15) is 0 Å². The molecule has 1 aliphatic rings. The predicted molar refractivity (Wildman–Crippen MR) is 71.8 cm³/mol. The summed E-state index contributed by atoms with van der Waals surface area (Å²) in [6, 6.07) is 6.76. The van der Waals surface area contributed by atoms with Crippen molar-refractivity contribution >= 4 is 0 Å². The van der Waals surface area contributed by atoms with Gasteiger partial charge < -0.3 is 5.11 Å². The van der Waals surface area contributed by atoms with Gasteiger partial charge in [0.05, 0.1) is 6.10 Å². The summed E-state index contributed by atoms with van der Waals surface area (Å²) >= 11 is 0. The van der Waals surface area contributed by atoms with E-state index in [4.69, 9.17) is 0 Å². The Bertz CT molecular complexity index is 380. The van der Waals surface area contributed by atoms with Gasteiger partial charge in [0.1, 0.15) is 5.82 Å². The van der Waals surface area contributed by atoms with Crippen LogP contribution in [0.2, 0.25) is 0 Å². The minimum absolute atomic E-state index is 0.201. The molecule has 0 spiro atoms. The van der Waals surface area contributed by atoms with Gasteiger partial charge in [-0.05, 0) is 48.6 Å². The molecule has 0 amide bonds. The molecular weight excluding hydrogens is 227 g/mol. The summed E-state index contributed by atoms with van der Waals surface area (Å²) in [5, 5.41) is 10.3. The second-order valence-corrected chi connectivity index (χ2v) is 6.04. The minimum atomic E-state index is -0.410. The van der Waals surface area contributed by atoms with E-state index in [-0.39, 0.29) is 5.82 Å². The molecule has 2 heteroatoms. The molecule has 1 aromatic carbocycles. The summed E-state index contributed by atoms with van der Waals surface area (Å²) in [4.78, 5) is 0. The van der Waals surface area contributed by atoms with E-state index in [0.29, 0.717) is 29.7 Å². The lowest BCUT2D eigenvalue weighted by Gasteiger charge is -2.34. The summed E-state index contributed by atoms with van der Waals surface area (Å²) in [6.07, 6.45) is 3.42. The van der Waals surface area contributed by atoms with E-state index < -0.39 is 6.10 Å². The fraction of sp³-hybridized carbons (Fsp3) is 0.625. The molecule has 0 radical (unpaired) electrons. The van der Waals surface area contributed by atoms with E-state index in [0.717, 1.165) is 12.8 Å². The zero-order valence-electron chi connectivity index (χ0n) is 11.3. The zero-order valence-corrected chi connectivity index (χ0v) is 11.3. The number of hydrogen-bond donors (Lipinski definition) is 1. The van der Waals surface area contributed by atoms with Crippen molar-refractivity contribution in [1.82, 2.24) is 0 Å². The molecule has 0 bridgehead atoms. The van der Waals surface area contributed by atoms with Crippen molar-refractivity contribution in [2.24, 2.45) is 17.8 Å². The molecule has 1 fully saturated rings. The van der Waals surface area contributed by atoms with Gasteiger partial charge in [-0.25, -0.2) is 4.39 Å². The Morgan fingerprint density at radius 3 is 2.39 bits per heavy atom. The maximum absolute atomic E-state index is 13.6. The summed E-state index contributed by atoms with van der Waals surface area (Å²) in [5.74, 6) is 1.47. The van der Waals surface area contributed by atoms with Crippen molar-refractivity contribution in [3.63, 3.8) is 0 Å². The largest absolute Gasteiger partial charge is 0.392 e. The van der Waals surface area contributed by atoms with Crippen LogP contribution in [0.1, 0.15) is 38.7 Å². The number of rotatable bonds is 3. The molecule has 3 unspecified atom stereocenters. The molecule has 100 valence electrons. The lowest BCUT2D eigenvalue weighted by Crippen LogP contribution is -2.30. The molecule has 18 heavy (non-hydrogen) atoms. The number of hydrogen-bond acceptors (Lipinski definition) is 1. The Hall–Kier alpha value is -0.890. The Labute approximate surface area is 109 Å². The van der Waals surface area contributed by atoms with Crippen LogP contribution in [0.25, 0.3) is 0 Å². The fourth-order valence-electron chi connectivity index (χ4n) is 3.38. The van der Waals surface area contributed by atoms with Gasteiger partial charge in [-0.1, -0.05) is 32.0 Å². The lowest BCUT2D eigenvalue weighted by molar-refractivity contribution is 0.0555. The molecule has 2 rings (SSSR count). The summed E-state index contributed by atoms with van der Waals surface area (Å²) in [5.41, 5.74) is 0.635. The molecule has 0 aromatic heterocycles. The van der Waals surface area contributed by atoms with E-state index >= 15 is 0 Å². The van der Waals surface area contributed by atoms with Crippen LogP contribution < -0.4 is 0 Å². The third-order valence-corrected chi connectivity index (χ3v) is 4.15. The zero-order chi connectivity index (χ0) is 13.1. The first kappa shape index (κ1) is 13.5. The van der Waals surface area contributed by atoms with Crippen LogP contribution in [-0.2, 0) is 6.42 Å². The molecule has 0 aliphatic heterocycles. The first-order valence-electron chi connectivity index (χ1n) is 6.97. The van der Waals surface area contributed by atoms with Crippen molar-refractivity contribution in [2.75, 3.05) is 0 Å². The topological polar surface area (TPSA) is 20.2 Å². The van der Waals surface area contributed by atoms with Crippen LogP contribution in [0.5, 0.6) is 0 Å². The average Bonchev–Trinajstić information content (AvgIpc) is 2.31. The fourth-order valence-corrected chi connectivity index (χ4v) is 3.38. The average molecular weight is 250 g/mol. The van der Waals surface area contributed by atoms with E-state index in [1.807, 2.05) is 6.07 Å². The highest BCUT2D eigenvalue weighted by molar-refractivity contribution is 5.18. The quantitative estimate of drug-likeness (QED) is 0.865. The standard InChI is InChI=1S/C16H23FO/c1-11-7-12(2)9-14(8-11)16(18)10-13-5-3-4-6-15(13)17/h3-6,11-12,14,16,18H,7-10H2,1-2H3. The maximum atomic E-state index is 13.6. The van der Waals surface area contributed by atoms with Gasteiger partial charge >= 0.3 is 0 Å². The van der Waals surface area contributed by atoms with Gasteiger partial charge in [-0.3, -0.25) is 0 Å². The van der Waals surface area contributed by atoms with E-state index in [1.54, 1.807) is 12.1 Å². The molecule has 3 atom stereocenters. The van der Waals surface area contributed by atoms with Crippen molar-refractivity contribution in [3.05, 3.63) is 35.6 Å². The Balaban J connectivity index is 1.99. The van der Waals surface area contributed by atoms with Crippen LogP contribution in [0.3, 0.4) is 0 Å². The third kappa shape index (κ3) is 3.32. The molecule has 1 saturated carbocycles. The van der Waals surface area contributed by atoms with Gasteiger partial charge in [0.2, 0.25) is 0 Å². The lowest BCUT2D eigenvalue weighted by atomic mass is 9.73. The molecule has 1 nitrogen and oxygen atoms in total. The first-order valence-corrected chi connectivity index (χ1v) is 6.97. The Kier molecular flexibility index (Phi) is 4.39. The van der Waals surface area contributed by atoms with Gasteiger partial charge in [0.15, 0.2) is 0 Å². The van der Waals surface area contributed by atoms with Crippen molar-refractivity contribution in [1.29, 1.82) is 0 Å². The van der Waals surface area contributed by atoms with Crippen molar-refractivity contribution in [3.8, 4) is 0 Å². The van der Waals surface area contributed by atoms with Crippen molar-refractivity contribution in [2.45, 2.75) is 45.6 Å². The first-order chi connectivity index (χ1) is 8.56. The van der Waals surface area contributed by atoms with Gasteiger partial charge in [0.25, 0.3) is 0 Å². The summed E-state index contributed by atoms with van der Waals surface area (Å²) in [6.45, 7) is 4.50. The maximum Gasteiger partial charge on any atom is 0.126 e. The SMILES string of the molecule is CC1CC(C)CC(C(O)Cc2ccccc2F)C1. The summed E-state index contributed by atoms with van der Waals surface area (Å²) < 4.78 is 13.6. The third-order valence-electron chi connectivity index (χ3n) is 4.15. The van der Waals surface area contributed by atoms with E-state index in [9.17, 15) is 9.50 Å². The predicted octanol–water partition coefficient (Wildman–Crippen LogP) is 3.80. The van der Waals surface area contributed by atoms with Crippen LogP contribution in [0.4, 0.5) is 4.39 Å². The van der Waals surface area contributed by atoms with Crippen LogP contribution in [0.15, 0.2) is 24.3 Å². The number of halogens is 1. The number of aliphatic hydroxyl groups is 1. The minimum Gasteiger partial charge on any atom is -0.392 e. The number of aliphatic hydroxyl groups excluding tert-OH is 1. The molecule has 0 saturated heterocycles. The highest BCUT2D eigenvalue weighted by atomic mass is 19.1. The van der Waals surface area contributed by atoms with Gasteiger partial charge in [0, 0.05) is 6.42 Å². The smallest absolute Gasteiger partial charge is 0.126 e. The molecule has 1 N–H and O–H groups in total. The Morgan fingerprint density at radius 1 is 1.17 bits per heavy atom. The van der Waals surface area contributed by atoms with Crippen LogP contribution in [0, 0.1) is 23.6 Å². The second-order valence-electron chi connectivity index (χ2n) is 6.04. The Morgan fingerprint density at radius 2 is 1.78 bits per heavy atom. The molecule has 1 aromatic rings. The molecule has 0 heterocycles. The van der Waals surface area contributed by atoms with Crippen LogP contribution >= 0.6 is 0 Å². The molecular formula is C16H23FO. The van der Waals surface area contributed by atoms with Crippen molar-refractivity contribution < 1.29 is 9.50 Å². The highest BCUT2D eigenvalue weighted by Crippen LogP contribution is 2.35. The van der Waals surface area contributed by atoms with Gasteiger partial charge in [-0.15, -0.1) is 0 Å². The monoisotopic (exact) mass is 250 g/mol.